The van der Waals surface area contributed by atoms with Crippen molar-refractivity contribution in [2.24, 2.45) is 0 Å². The molecular weight excluding hydrogens is 314 g/mol. The molecule has 1 unspecified atom stereocenters. The van der Waals surface area contributed by atoms with Crippen LogP contribution in [-0.2, 0) is 5.92 Å². The molecule has 11 heteroatoms. The summed E-state index contributed by atoms with van der Waals surface area (Å²) in [6, 6.07) is 0. The number of rotatable bonds is 0. The van der Waals surface area contributed by atoms with Gasteiger partial charge in [-0.3, -0.25) is 0 Å². The molecule has 2 rings (SSSR count). The van der Waals surface area contributed by atoms with Crippen LogP contribution in [0.5, 0.6) is 5.75 Å². The lowest BCUT2D eigenvalue weighted by Gasteiger charge is -2.27. The van der Waals surface area contributed by atoms with E-state index < -0.39 is 52.5 Å². The molecule has 0 amide bonds. The fraction of sp³-hybridized carbons (Fsp3) is 0.333. The molecule has 0 saturated carbocycles. The highest BCUT2D eigenvalue weighted by atomic mass is 19.4. The Morgan fingerprint density at radius 2 is 1.20 bits per heavy atom. The summed E-state index contributed by atoms with van der Waals surface area (Å²) in [5.41, 5.74) is -2.67. The van der Waals surface area contributed by atoms with E-state index in [1.807, 2.05) is 0 Å². The summed E-state index contributed by atoms with van der Waals surface area (Å²) in [5.74, 6) is -25.1. The smallest absolute Gasteiger partial charge is 0.442 e. The Kier molecular flexibility index (Phi) is 2.72. The van der Waals surface area contributed by atoms with Gasteiger partial charge in [0.15, 0.2) is 17.4 Å². The summed E-state index contributed by atoms with van der Waals surface area (Å²) in [5, 5.41) is 0. The van der Waals surface area contributed by atoms with Gasteiger partial charge in [0.2, 0.25) is 11.6 Å². The second-order valence-corrected chi connectivity index (χ2v) is 3.73. The van der Waals surface area contributed by atoms with E-state index in [0.29, 0.717) is 0 Å². The van der Waals surface area contributed by atoms with Crippen LogP contribution in [0.3, 0.4) is 0 Å². The lowest BCUT2D eigenvalue weighted by molar-refractivity contribution is -0.365. The number of halogens is 10. The van der Waals surface area contributed by atoms with Crippen LogP contribution in [0.1, 0.15) is 5.56 Å². The summed E-state index contributed by atoms with van der Waals surface area (Å²) in [4.78, 5) is 0. The van der Waals surface area contributed by atoms with Crippen molar-refractivity contribution in [2.75, 3.05) is 0 Å². The van der Waals surface area contributed by atoms with Crippen molar-refractivity contribution in [3.63, 3.8) is 0 Å². The fourth-order valence-corrected chi connectivity index (χ4v) is 1.59. The van der Waals surface area contributed by atoms with Crippen molar-refractivity contribution in [3.05, 3.63) is 28.8 Å². The van der Waals surface area contributed by atoms with E-state index in [-0.39, 0.29) is 0 Å². The van der Waals surface area contributed by atoms with Gasteiger partial charge < -0.3 is 4.74 Å². The Bertz CT molecular complexity index is 592. The number of hydrogen-bond donors (Lipinski definition) is 0. The summed E-state index contributed by atoms with van der Waals surface area (Å²) < 4.78 is 131. The van der Waals surface area contributed by atoms with Crippen molar-refractivity contribution < 1.29 is 48.6 Å². The number of ether oxygens (including phenoxy) is 1. The molecule has 0 radical (unpaired) electrons. The minimum atomic E-state index is -6.42. The lowest BCUT2D eigenvalue weighted by Crippen LogP contribution is -2.54. The molecule has 1 aliphatic rings. The van der Waals surface area contributed by atoms with Gasteiger partial charge in [-0.15, -0.1) is 0 Å². The zero-order valence-electron chi connectivity index (χ0n) is 8.69. The fourth-order valence-electron chi connectivity index (χ4n) is 1.59. The van der Waals surface area contributed by atoms with Crippen molar-refractivity contribution in [1.29, 1.82) is 0 Å². The first kappa shape index (κ1) is 14.7. The third-order valence-electron chi connectivity index (χ3n) is 2.55. The highest BCUT2D eigenvalue weighted by Gasteiger charge is 2.80. The van der Waals surface area contributed by atoms with Crippen LogP contribution in [0, 0.1) is 23.3 Å². The van der Waals surface area contributed by atoms with Crippen LogP contribution < -0.4 is 4.74 Å². The third-order valence-corrected chi connectivity index (χ3v) is 2.55. The maximum absolute atomic E-state index is 13.3. The topological polar surface area (TPSA) is 9.23 Å². The SMILES string of the molecule is Fc1c(F)c(F)c2c(c1F)OC(F)(C(F)(F)F)C2(F)F. The molecular formula is C9F10O. The van der Waals surface area contributed by atoms with Crippen molar-refractivity contribution in [3.8, 4) is 5.75 Å². The van der Waals surface area contributed by atoms with E-state index in [4.69, 9.17) is 0 Å². The highest BCUT2D eigenvalue weighted by Crippen LogP contribution is 2.60. The van der Waals surface area contributed by atoms with Gasteiger partial charge >= 0.3 is 18.0 Å². The second-order valence-electron chi connectivity index (χ2n) is 3.73. The predicted octanol–water partition coefficient (Wildman–Crippen LogP) is 3.96. The van der Waals surface area contributed by atoms with Gasteiger partial charge in [-0.1, -0.05) is 0 Å². The van der Waals surface area contributed by atoms with Gasteiger partial charge in [0.05, 0.1) is 0 Å². The maximum Gasteiger partial charge on any atom is 0.467 e. The summed E-state index contributed by atoms with van der Waals surface area (Å²) in [6.07, 6.45) is -6.42. The molecule has 1 nitrogen and oxygen atoms in total. The zero-order valence-corrected chi connectivity index (χ0v) is 8.69. The van der Waals surface area contributed by atoms with E-state index in [1.165, 1.54) is 0 Å². The van der Waals surface area contributed by atoms with Crippen LogP contribution in [0.25, 0.3) is 0 Å². The number of benzene rings is 1. The molecule has 0 N–H and O–H groups in total. The van der Waals surface area contributed by atoms with E-state index >= 15 is 0 Å². The first-order valence-electron chi connectivity index (χ1n) is 4.55. The lowest BCUT2D eigenvalue weighted by atomic mass is 10.0. The highest BCUT2D eigenvalue weighted by molar-refractivity contribution is 5.46. The minimum absolute atomic E-state index is 2.37. The van der Waals surface area contributed by atoms with Gasteiger partial charge in [0.1, 0.15) is 5.56 Å². The van der Waals surface area contributed by atoms with Gasteiger partial charge in [0.25, 0.3) is 0 Å². The molecule has 0 aliphatic carbocycles. The number of fused-ring (bicyclic) bond motifs is 1. The average Bonchev–Trinajstić information content (AvgIpc) is 2.52. The molecule has 0 saturated heterocycles. The predicted molar refractivity (Wildman–Crippen MR) is 40.7 cm³/mol. The molecule has 1 atom stereocenters. The Morgan fingerprint density at radius 3 is 1.65 bits per heavy atom. The molecule has 112 valence electrons. The van der Waals surface area contributed by atoms with Gasteiger partial charge in [-0.05, 0) is 0 Å². The normalized spacial score (nSPS) is 24.5. The molecule has 0 bridgehead atoms. The molecule has 1 aliphatic heterocycles. The third kappa shape index (κ3) is 1.45. The van der Waals surface area contributed by atoms with Crippen LogP contribution in [0.15, 0.2) is 0 Å². The maximum atomic E-state index is 13.3. The van der Waals surface area contributed by atoms with Gasteiger partial charge in [-0.2, -0.15) is 30.7 Å². The second kappa shape index (κ2) is 3.70. The summed E-state index contributed by atoms with van der Waals surface area (Å²) >= 11 is 0. The van der Waals surface area contributed by atoms with Crippen molar-refractivity contribution >= 4 is 0 Å². The minimum Gasteiger partial charge on any atom is -0.442 e. The Labute approximate surface area is 102 Å². The van der Waals surface area contributed by atoms with Crippen molar-refractivity contribution in [2.45, 2.75) is 18.0 Å². The molecule has 1 aromatic carbocycles. The first-order valence-corrected chi connectivity index (χ1v) is 4.55. The quantitative estimate of drug-likeness (QED) is 0.400. The molecule has 20 heavy (non-hydrogen) atoms. The van der Waals surface area contributed by atoms with Gasteiger partial charge in [-0.25, -0.2) is 13.2 Å². The van der Waals surface area contributed by atoms with E-state index in [1.54, 1.807) is 0 Å². The number of hydrogen-bond acceptors (Lipinski definition) is 1. The zero-order chi connectivity index (χ0) is 15.7. The molecule has 0 spiro atoms. The standard InChI is InChI=1S/C9F10O/c10-2-1-6(5(13)4(12)3(2)11)20-8(16,7(1,14)15)9(17,18)19. The van der Waals surface area contributed by atoms with E-state index in [2.05, 4.69) is 4.74 Å². The molecule has 0 aromatic heterocycles. The van der Waals surface area contributed by atoms with Crippen LogP contribution in [0.2, 0.25) is 0 Å². The van der Waals surface area contributed by atoms with E-state index in [0.717, 1.165) is 0 Å². The van der Waals surface area contributed by atoms with Crippen LogP contribution in [0.4, 0.5) is 43.9 Å². The summed E-state index contributed by atoms with van der Waals surface area (Å²) in [6.45, 7) is 0. The van der Waals surface area contributed by atoms with Crippen LogP contribution >= 0.6 is 0 Å². The van der Waals surface area contributed by atoms with E-state index in [9.17, 15) is 43.9 Å². The largest absolute Gasteiger partial charge is 0.467 e. The molecule has 1 aromatic rings. The van der Waals surface area contributed by atoms with Crippen molar-refractivity contribution in [1.82, 2.24) is 0 Å². The monoisotopic (exact) mass is 314 g/mol. The number of alkyl halides is 6. The Morgan fingerprint density at radius 1 is 0.750 bits per heavy atom. The first-order chi connectivity index (χ1) is 8.86. The summed E-state index contributed by atoms with van der Waals surface area (Å²) in [7, 11) is 0. The molecule has 0 fully saturated rings. The average molecular weight is 314 g/mol. The van der Waals surface area contributed by atoms with Crippen LogP contribution in [-0.4, -0.2) is 12.0 Å². The Hall–Kier alpha value is -1.68. The Balaban J connectivity index is 2.84. The molecule has 1 heterocycles. The van der Waals surface area contributed by atoms with Gasteiger partial charge in [0, 0.05) is 0 Å².